The normalized spacial score (nSPS) is 22.3. The van der Waals surface area contributed by atoms with Crippen molar-refractivity contribution >= 4 is 33.3 Å². The van der Waals surface area contributed by atoms with Crippen molar-refractivity contribution in [1.82, 2.24) is 4.90 Å². The standard InChI is InChI=1S/C33H36BrN3O5/c1-4-6-21-14-28-31(29(38)15-21)30(26(18-35)20(2)36-28)23-16-25(33(39)37-9-11-41-12-10-37)32(27(34)17-23)42-19-22-7-5-8-24(13-22)40-3/h5,7-8,13,16-17,21,26,30H,4,6,9-12,14-15,19H2,1-3H3. The van der Waals surface area contributed by atoms with E-state index in [0.717, 1.165) is 41.8 Å². The predicted molar refractivity (Wildman–Crippen MR) is 163 cm³/mol. The lowest BCUT2D eigenvalue weighted by Gasteiger charge is -2.35. The zero-order chi connectivity index (χ0) is 29.8. The topological polar surface area (TPSA) is 101 Å². The molecule has 0 aromatic heterocycles. The van der Waals surface area contributed by atoms with Gasteiger partial charge in [-0.15, -0.1) is 0 Å². The van der Waals surface area contributed by atoms with Crippen molar-refractivity contribution in [2.45, 2.75) is 52.1 Å². The minimum Gasteiger partial charge on any atom is -0.497 e. The largest absolute Gasteiger partial charge is 0.497 e. The van der Waals surface area contributed by atoms with Gasteiger partial charge in [-0.25, -0.2) is 0 Å². The molecule has 3 unspecified atom stereocenters. The van der Waals surface area contributed by atoms with Gasteiger partial charge in [0, 0.05) is 42.4 Å². The van der Waals surface area contributed by atoms with Crippen LogP contribution in [0.4, 0.5) is 0 Å². The van der Waals surface area contributed by atoms with Crippen LogP contribution in [0.5, 0.6) is 11.5 Å². The highest BCUT2D eigenvalue weighted by molar-refractivity contribution is 9.10. The summed E-state index contributed by atoms with van der Waals surface area (Å²) in [5.41, 5.74) is 4.10. The Morgan fingerprint density at radius 1 is 1.21 bits per heavy atom. The van der Waals surface area contributed by atoms with Crippen LogP contribution in [0, 0.1) is 23.2 Å². The molecule has 0 spiro atoms. The number of benzene rings is 2. The number of carbonyl (C=O) groups is 2. The molecule has 2 aromatic carbocycles. The molecule has 1 amide bonds. The van der Waals surface area contributed by atoms with Crippen LogP contribution < -0.4 is 9.47 Å². The Kier molecular flexibility index (Phi) is 9.44. The fourth-order valence-electron chi connectivity index (χ4n) is 6.23. The lowest BCUT2D eigenvalue weighted by atomic mass is 9.70. The van der Waals surface area contributed by atoms with Gasteiger partial charge in [-0.3, -0.25) is 14.6 Å². The summed E-state index contributed by atoms with van der Waals surface area (Å²) in [6.45, 7) is 6.08. The van der Waals surface area contributed by atoms with Crippen LogP contribution in [0.3, 0.4) is 0 Å². The molecule has 42 heavy (non-hydrogen) atoms. The van der Waals surface area contributed by atoms with E-state index in [4.69, 9.17) is 19.2 Å². The molecule has 0 N–H and O–H groups in total. The van der Waals surface area contributed by atoms with E-state index in [2.05, 4.69) is 28.9 Å². The van der Waals surface area contributed by atoms with Gasteiger partial charge < -0.3 is 19.1 Å². The summed E-state index contributed by atoms with van der Waals surface area (Å²) in [5.74, 6) is 0.133. The number of morpholine rings is 1. The quantitative estimate of drug-likeness (QED) is 0.341. The molecular formula is C33H36BrN3O5. The average molecular weight is 635 g/mol. The highest BCUT2D eigenvalue weighted by Gasteiger charge is 2.41. The maximum Gasteiger partial charge on any atom is 0.257 e. The summed E-state index contributed by atoms with van der Waals surface area (Å²) in [6.07, 6.45) is 3.15. The molecule has 2 heterocycles. The van der Waals surface area contributed by atoms with Crippen molar-refractivity contribution in [2.75, 3.05) is 33.4 Å². The number of amides is 1. The number of halogens is 1. The fourth-order valence-corrected chi connectivity index (χ4v) is 6.82. The maximum atomic E-state index is 14.0. The maximum absolute atomic E-state index is 14.0. The second-order valence-corrected chi connectivity index (χ2v) is 12.0. The van der Waals surface area contributed by atoms with Crippen molar-refractivity contribution < 1.29 is 23.8 Å². The second kappa shape index (κ2) is 13.2. The molecule has 0 radical (unpaired) electrons. The number of aliphatic imine (C=N–C) groups is 1. The number of nitrogens with zero attached hydrogens (tertiary/aromatic N) is 3. The van der Waals surface area contributed by atoms with Crippen LogP contribution in [-0.2, 0) is 16.1 Å². The molecule has 1 fully saturated rings. The highest BCUT2D eigenvalue weighted by atomic mass is 79.9. The van der Waals surface area contributed by atoms with E-state index >= 15 is 0 Å². The number of Topliss-reactive ketones (excluding diaryl/α,β-unsaturated/α-hetero) is 1. The van der Waals surface area contributed by atoms with Gasteiger partial charge in [0.05, 0.1) is 42.3 Å². The van der Waals surface area contributed by atoms with Gasteiger partial charge >= 0.3 is 0 Å². The Morgan fingerprint density at radius 2 is 2.00 bits per heavy atom. The number of methoxy groups -OCH3 is 1. The molecule has 0 saturated carbocycles. The van der Waals surface area contributed by atoms with Crippen molar-refractivity contribution in [3.63, 3.8) is 0 Å². The molecule has 3 atom stereocenters. The second-order valence-electron chi connectivity index (χ2n) is 11.1. The number of ketones is 1. The molecule has 5 rings (SSSR count). The first-order valence-electron chi connectivity index (χ1n) is 14.5. The molecule has 220 valence electrons. The van der Waals surface area contributed by atoms with Crippen LogP contribution >= 0.6 is 15.9 Å². The smallest absolute Gasteiger partial charge is 0.257 e. The number of allylic oxidation sites excluding steroid dienone is 2. The van der Waals surface area contributed by atoms with Crippen LogP contribution in [-0.4, -0.2) is 55.7 Å². The Bertz CT molecular complexity index is 1470. The lowest BCUT2D eigenvalue weighted by molar-refractivity contribution is -0.117. The number of ether oxygens (including phenoxy) is 3. The first-order chi connectivity index (χ1) is 20.3. The zero-order valence-corrected chi connectivity index (χ0v) is 25.9. The van der Waals surface area contributed by atoms with Gasteiger partial charge in [-0.05, 0) is 77.0 Å². The first-order valence-corrected chi connectivity index (χ1v) is 15.3. The van der Waals surface area contributed by atoms with Crippen molar-refractivity contribution in [2.24, 2.45) is 16.8 Å². The van der Waals surface area contributed by atoms with E-state index < -0.39 is 11.8 Å². The minimum absolute atomic E-state index is 0.0479. The van der Waals surface area contributed by atoms with Gasteiger partial charge in [-0.2, -0.15) is 5.26 Å². The van der Waals surface area contributed by atoms with Crippen LogP contribution in [0.15, 0.2) is 57.1 Å². The van der Waals surface area contributed by atoms with Crippen LogP contribution in [0.25, 0.3) is 0 Å². The van der Waals surface area contributed by atoms with Gasteiger partial charge in [0.2, 0.25) is 0 Å². The van der Waals surface area contributed by atoms with Crippen molar-refractivity contribution in [3.8, 4) is 17.6 Å². The van der Waals surface area contributed by atoms with E-state index in [1.54, 1.807) is 12.0 Å². The Morgan fingerprint density at radius 3 is 2.71 bits per heavy atom. The molecule has 2 aromatic rings. The summed E-state index contributed by atoms with van der Waals surface area (Å²) < 4.78 is 17.7. The van der Waals surface area contributed by atoms with Gasteiger partial charge in [-0.1, -0.05) is 25.5 Å². The molecule has 1 aliphatic carbocycles. The SMILES string of the molecule is CCCC1CC(=O)C2=C(C1)N=C(C)C(C#N)C2c1cc(Br)c(OCc2cccc(OC)c2)c(C(=O)N2CCOCC2)c1. The van der Waals surface area contributed by atoms with Crippen molar-refractivity contribution in [3.05, 3.63) is 68.8 Å². The van der Waals surface area contributed by atoms with E-state index in [9.17, 15) is 14.9 Å². The average Bonchev–Trinajstić information content (AvgIpc) is 2.99. The molecular weight excluding hydrogens is 598 g/mol. The molecule has 0 bridgehead atoms. The molecule has 8 nitrogen and oxygen atoms in total. The predicted octanol–water partition coefficient (Wildman–Crippen LogP) is 6.24. The highest BCUT2D eigenvalue weighted by Crippen LogP contribution is 2.47. The van der Waals surface area contributed by atoms with E-state index in [0.29, 0.717) is 59.8 Å². The van der Waals surface area contributed by atoms with Gasteiger partial charge in [0.15, 0.2) is 5.78 Å². The summed E-state index contributed by atoms with van der Waals surface area (Å²) >= 11 is 3.69. The van der Waals surface area contributed by atoms with E-state index in [-0.39, 0.29) is 24.2 Å². The monoisotopic (exact) mass is 633 g/mol. The molecule has 1 saturated heterocycles. The summed E-state index contributed by atoms with van der Waals surface area (Å²) in [5, 5.41) is 10.3. The third-order valence-corrected chi connectivity index (χ3v) is 8.87. The fraction of sp³-hybridized carbons (Fsp3) is 0.455. The number of carbonyl (C=O) groups excluding carboxylic acids is 2. The summed E-state index contributed by atoms with van der Waals surface area (Å²) in [7, 11) is 1.61. The number of hydrogen-bond acceptors (Lipinski definition) is 7. The Hall–Kier alpha value is -3.48. The van der Waals surface area contributed by atoms with Gasteiger partial charge in [0.25, 0.3) is 5.91 Å². The number of hydrogen-bond donors (Lipinski definition) is 0. The zero-order valence-electron chi connectivity index (χ0n) is 24.3. The van der Waals surface area contributed by atoms with Crippen LogP contribution in [0.2, 0.25) is 0 Å². The lowest BCUT2D eigenvalue weighted by Crippen LogP contribution is -2.41. The first kappa shape index (κ1) is 30.0. The number of rotatable bonds is 8. The van der Waals surface area contributed by atoms with Crippen LogP contribution in [0.1, 0.15) is 66.9 Å². The molecule has 2 aliphatic heterocycles. The molecule has 9 heteroatoms. The third kappa shape index (κ3) is 6.16. The summed E-state index contributed by atoms with van der Waals surface area (Å²) in [4.78, 5) is 34.1. The van der Waals surface area contributed by atoms with Crippen molar-refractivity contribution in [1.29, 1.82) is 5.26 Å². The summed E-state index contributed by atoms with van der Waals surface area (Å²) in [6, 6.07) is 13.7. The van der Waals surface area contributed by atoms with Gasteiger partial charge in [0.1, 0.15) is 18.1 Å². The third-order valence-electron chi connectivity index (χ3n) is 8.28. The van der Waals surface area contributed by atoms with E-state index in [1.165, 1.54) is 0 Å². The Labute approximate surface area is 255 Å². The molecule has 3 aliphatic rings. The Balaban J connectivity index is 1.58. The number of nitriles is 1. The minimum atomic E-state index is -0.614. The van der Waals surface area contributed by atoms with E-state index in [1.807, 2.05) is 43.3 Å².